The van der Waals surface area contributed by atoms with E-state index in [1.165, 1.54) is 46.3 Å². The van der Waals surface area contributed by atoms with Gasteiger partial charge < -0.3 is 19.4 Å². The van der Waals surface area contributed by atoms with Crippen LogP contribution in [0.15, 0.2) is 46.1 Å². The maximum absolute atomic E-state index is 15.6. The minimum atomic E-state index is -0.834. The summed E-state index contributed by atoms with van der Waals surface area (Å²) in [5.74, 6) is -2.41. The van der Waals surface area contributed by atoms with E-state index >= 15 is 8.78 Å². The summed E-state index contributed by atoms with van der Waals surface area (Å²) < 4.78 is 44.0. The van der Waals surface area contributed by atoms with Gasteiger partial charge in [-0.15, -0.1) is 0 Å². The smallest absolute Gasteiger partial charge is 0.330 e. The molecule has 0 radical (unpaired) electrons. The van der Waals surface area contributed by atoms with E-state index < -0.39 is 28.8 Å². The van der Waals surface area contributed by atoms with Crippen LogP contribution in [0.4, 0.5) is 14.5 Å². The summed E-state index contributed by atoms with van der Waals surface area (Å²) >= 11 is 6.88. The van der Waals surface area contributed by atoms with Gasteiger partial charge in [0, 0.05) is 67.4 Å². The summed E-state index contributed by atoms with van der Waals surface area (Å²) in [6, 6.07) is 6.89. The fraction of sp³-hybridized carbons (Fsp3) is 0.343. The molecule has 0 spiro atoms. The Kier molecular flexibility index (Phi) is 9.16. The number of hydrogen-bond acceptors (Lipinski definition) is 8. The van der Waals surface area contributed by atoms with E-state index in [1.54, 1.807) is 6.92 Å². The van der Waals surface area contributed by atoms with E-state index in [2.05, 4.69) is 10.2 Å². The summed E-state index contributed by atoms with van der Waals surface area (Å²) in [7, 11) is 4.16. The minimum absolute atomic E-state index is 0.00655. The van der Waals surface area contributed by atoms with E-state index in [-0.39, 0.29) is 50.9 Å². The fourth-order valence-electron chi connectivity index (χ4n) is 6.67. The molecule has 0 bridgehead atoms. The number of pyridine rings is 1. The van der Waals surface area contributed by atoms with E-state index in [9.17, 15) is 19.2 Å². The van der Waals surface area contributed by atoms with Crippen molar-refractivity contribution in [1.29, 1.82) is 0 Å². The maximum atomic E-state index is 15.6. The van der Waals surface area contributed by atoms with Crippen molar-refractivity contribution in [3.63, 3.8) is 0 Å². The molecule has 2 aliphatic rings. The number of aromatic nitrogens is 3. The molecule has 2 aromatic carbocycles. The molecule has 3 heterocycles. The predicted octanol–water partition coefficient (Wildman–Crippen LogP) is 4.80. The van der Waals surface area contributed by atoms with Crippen molar-refractivity contribution in [2.75, 3.05) is 32.1 Å². The first-order chi connectivity index (χ1) is 23.4. The fourth-order valence-corrected chi connectivity index (χ4v) is 7.02. The number of ether oxygens (including phenoxy) is 2. The van der Waals surface area contributed by atoms with Crippen molar-refractivity contribution < 1.29 is 27.8 Å². The average Bonchev–Trinajstić information content (AvgIpc) is 3.47. The van der Waals surface area contributed by atoms with Gasteiger partial charge in [0.05, 0.1) is 30.4 Å². The molecule has 1 aliphatic carbocycles. The Balaban J connectivity index is 1.35. The van der Waals surface area contributed by atoms with Crippen LogP contribution in [0.3, 0.4) is 0 Å². The van der Waals surface area contributed by atoms with Crippen LogP contribution < -0.4 is 21.3 Å². The van der Waals surface area contributed by atoms with Gasteiger partial charge in [0.2, 0.25) is 5.88 Å². The molecule has 1 aliphatic heterocycles. The third-order valence-corrected chi connectivity index (χ3v) is 9.66. The zero-order valence-corrected chi connectivity index (χ0v) is 28.3. The van der Waals surface area contributed by atoms with Crippen molar-refractivity contribution in [2.45, 2.75) is 32.7 Å². The highest BCUT2D eigenvalue weighted by atomic mass is 35.5. The standard InChI is InChI=1S/C35H34ClF2N5O6/c1-6-49-34(46)19-14-43(15-19)26-12-7-18-13-25(40-32(48-5)28(18)26)20-8-9-23(38)29(30(20)36)27-17(2)24(11-10-22(27)37)39-31(44)21-16-41(3)35(47)42(4)33(21)45/h8-11,13,16,19,26H,6-7,12,14-15H2,1-5H3,(H,39,44)/t26-/m0/s1. The van der Waals surface area contributed by atoms with Crippen LogP contribution in [0.1, 0.15) is 46.4 Å². The summed E-state index contributed by atoms with van der Waals surface area (Å²) in [6.07, 6.45) is 2.62. The van der Waals surface area contributed by atoms with Crippen LogP contribution in [0.5, 0.6) is 5.88 Å². The molecule has 1 atom stereocenters. The Morgan fingerprint density at radius 2 is 1.78 bits per heavy atom. The third kappa shape index (κ3) is 5.90. The molecule has 256 valence electrons. The summed E-state index contributed by atoms with van der Waals surface area (Å²) in [6.45, 7) is 4.77. The van der Waals surface area contributed by atoms with Crippen LogP contribution in [-0.2, 0) is 30.0 Å². The second-order valence-electron chi connectivity index (χ2n) is 12.2. The molecule has 6 rings (SSSR count). The normalized spacial score (nSPS) is 15.9. The van der Waals surface area contributed by atoms with E-state index in [4.69, 9.17) is 26.1 Å². The second kappa shape index (κ2) is 13.2. The Morgan fingerprint density at radius 3 is 2.47 bits per heavy atom. The molecule has 11 nitrogen and oxygen atoms in total. The van der Waals surface area contributed by atoms with Gasteiger partial charge in [0.25, 0.3) is 11.5 Å². The number of fused-ring (bicyclic) bond motifs is 1. The SMILES string of the molecule is CCOC(=O)C1CN([C@H]2CCc3cc(-c4ccc(F)c(-c5c(F)ccc(NC(=O)c6cn(C)c(=O)n(C)c6=O)c5C)c4Cl)nc(OC)c32)C1. The van der Waals surface area contributed by atoms with Crippen LogP contribution in [-0.4, -0.2) is 57.7 Å². The number of benzene rings is 2. The van der Waals surface area contributed by atoms with Gasteiger partial charge in [0.1, 0.15) is 17.2 Å². The van der Waals surface area contributed by atoms with Gasteiger partial charge in [-0.3, -0.25) is 23.9 Å². The molecule has 2 aromatic heterocycles. The quantitative estimate of drug-likeness (QED) is 0.261. The summed E-state index contributed by atoms with van der Waals surface area (Å²) in [5.41, 5.74) is 0.774. The molecule has 14 heteroatoms. The number of carbonyl (C=O) groups is 2. The Labute approximate surface area is 285 Å². The molecule has 0 unspecified atom stereocenters. The number of carbonyl (C=O) groups excluding carboxylic acids is 2. The Morgan fingerprint density at radius 1 is 1.08 bits per heavy atom. The summed E-state index contributed by atoms with van der Waals surface area (Å²) in [4.78, 5) is 57.0. The number of esters is 1. The molecule has 1 amide bonds. The van der Waals surface area contributed by atoms with Gasteiger partial charge in [-0.2, -0.15) is 0 Å². The number of anilines is 1. The number of hydrogen-bond donors (Lipinski definition) is 1. The molecule has 1 fully saturated rings. The largest absolute Gasteiger partial charge is 0.481 e. The highest BCUT2D eigenvalue weighted by Crippen LogP contribution is 2.47. The Hall–Kier alpha value is -4.88. The van der Waals surface area contributed by atoms with Gasteiger partial charge in [-0.1, -0.05) is 11.6 Å². The predicted molar refractivity (Wildman–Crippen MR) is 179 cm³/mol. The second-order valence-corrected chi connectivity index (χ2v) is 12.6. The number of likely N-dealkylation sites (tertiary alicyclic amines) is 1. The first kappa shape index (κ1) is 34.0. The highest BCUT2D eigenvalue weighted by molar-refractivity contribution is 6.36. The number of amides is 1. The van der Waals surface area contributed by atoms with Crippen LogP contribution in [0.25, 0.3) is 22.4 Å². The van der Waals surface area contributed by atoms with Crippen molar-refractivity contribution in [1.82, 2.24) is 19.0 Å². The summed E-state index contributed by atoms with van der Waals surface area (Å²) in [5, 5.41) is 2.49. The van der Waals surface area contributed by atoms with Gasteiger partial charge in [-0.05, 0) is 68.1 Å². The lowest BCUT2D eigenvalue weighted by atomic mass is 9.94. The molecule has 1 saturated heterocycles. The van der Waals surface area contributed by atoms with E-state index in [1.807, 2.05) is 6.07 Å². The van der Waals surface area contributed by atoms with Crippen molar-refractivity contribution in [3.8, 4) is 28.3 Å². The number of methoxy groups -OCH3 is 1. The first-order valence-corrected chi connectivity index (χ1v) is 16.1. The number of nitrogens with zero attached hydrogens (tertiary/aromatic N) is 4. The van der Waals surface area contributed by atoms with Gasteiger partial charge in [-0.25, -0.2) is 18.6 Å². The molecule has 49 heavy (non-hydrogen) atoms. The number of aryl methyl sites for hydroxylation is 2. The van der Waals surface area contributed by atoms with E-state index in [0.717, 1.165) is 38.9 Å². The molecular formula is C35H34ClF2N5O6. The number of halogens is 3. The lowest BCUT2D eigenvalue weighted by Gasteiger charge is -2.42. The first-order valence-electron chi connectivity index (χ1n) is 15.7. The van der Waals surface area contributed by atoms with E-state index in [0.29, 0.717) is 43.3 Å². The number of nitrogens with one attached hydrogen (secondary N) is 1. The van der Waals surface area contributed by atoms with Crippen LogP contribution in [0.2, 0.25) is 5.02 Å². The molecular weight excluding hydrogens is 660 g/mol. The van der Waals surface area contributed by atoms with Crippen molar-refractivity contribution in [3.05, 3.63) is 96.3 Å². The third-order valence-electron chi connectivity index (χ3n) is 9.26. The maximum Gasteiger partial charge on any atom is 0.330 e. The molecule has 0 saturated carbocycles. The van der Waals surface area contributed by atoms with Crippen molar-refractivity contribution >= 4 is 29.2 Å². The molecule has 4 aromatic rings. The van der Waals surface area contributed by atoms with Crippen LogP contribution in [0, 0.1) is 24.5 Å². The lowest BCUT2D eigenvalue weighted by Crippen LogP contribution is -2.51. The minimum Gasteiger partial charge on any atom is -0.481 e. The van der Waals surface area contributed by atoms with Crippen molar-refractivity contribution in [2.24, 2.45) is 20.0 Å². The topological polar surface area (TPSA) is 125 Å². The zero-order valence-electron chi connectivity index (χ0n) is 27.5. The lowest BCUT2D eigenvalue weighted by molar-refractivity contribution is -0.155. The van der Waals surface area contributed by atoms with Gasteiger partial charge in [0.15, 0.2) is 0 Å². The molecule has 1 N–H and O–H groups in total. The van der Waals surface area contributed by atoms with Gasteiger partial charge >= 0.3 is 11.7 Å². The van der Waals surface area contributed by atoms with Crippen LogP contribution >= 0.6 is 11.6 Å². The number of rotatable bonds is 8. The Bertz CT molecular complexity index is 2140. The highest BCUT2D eigenvalue weighted by Gasteiger charge is 2.42. The zero-order chi connectivity index (χ0) is 35.3. The monoisotopic (exact) mass is 693 g/mol. The average molecular weight is 694 g/mol.